The third-order valence-electron chi connectivity index (χ3n) is 5.95. The Morgan fingerprint density at radius 1 is 1.19 bits per heavy atom. The Balaban J connectivity index is 1.73. The average Bonchev–Trinajstić information content (AvgIpc) is 2.73. The maximum absolute atomic E-state index is 13.1. The lowest BCUT2D eigenvalue weighted by atomic mass is 9.72. The van der Waals surface area contributed by atoms with Gasteiger partial charge >= 0.3 is 0 Å². The van der Waals surface area contributed by atoms with Crippen molar-refractivity contribution in [2.24, 2.45) is 5.92 Å². The van der Waals surface area contributed by atoms with E-state index in [9.17, 15) is 4.79 Å². The van der Waals surface area contributed by atoms with Crippen molar-refractivity contribution in [1.82, 2.24) is 0 Å². The van der Waals surface area contributed by atoms with Crippen molar-refractivity contribution in [3.63, 3.8) is 0 Å². The molecule has 21 heavy (non-hydrogen) atoms. The van der Waals surface area contributed by atoms with E-state index in [1.54, 1.807) is 0 Å². The molecule has 112 valence electrons. The quantitative estimate of drug-likeness (QED) is 0.796. The number of carbonyl (C=O) groups excluding carboxylic acids is 1. The highest BCUT2D eigenvalue weighted by atomic mass is 16.2. The second-order valence-corrected chi connectivity index (χ2v) is 7.41. The molecule has 0 saturated heterocycles. The first-order chi connectivity index (χ1) is 10.2. The number of nitrogens with zero attached hydrogens (tertiary/aromatic N) is 1. The van der Waals surface area contributed by atoms with Gasteiger partial charge in [-0.1, -0.05) is 50.3 Å². The van der Waals surface area contributed by atoms with Gasteiger partial charge in [0, 0.05) is 6.54 Å². The van der Waals surface area contributed by atoms with Crippen LogP contribution >= 0.6 is 0 Å². The molecule has 1 amide bonds. The zero-order valence-corrected chi connectivity index (χ0v) is 13.0. The standard InChI is InChI=1S/C19H25NO/c1-19(13-14-7-3-2-4-8-14)16-11-5-9-15-10-6-12-20(17(15)16)18(19)21/h5,9,11,14H,2-4,6-8,10,12-13H2,1H3. The highest BCUT2D eigenvalue weighted by Crippen LogP contribution is 2.49. The van der Waals surface area contributed by atoms with Crippen molar-refractivity contribution in [3.8, 4) is 0 Å². The predicted octanol–water partition coefficient (Wildman–Crippen LogP) is 4.21. The minimum atomic E-state index is -0.266. The molecule has 3 aliphatic rings. The number of hydrogen-bond donors (Lipinski definition) is 0. The van der Waals surface area contributed by atoms with Crippen molar-refractivity contribution in [2.45, 2.75) is 63.7 Å². The van der Waals surface area contributed by atoms with Crippen LogP contribution in [0.4, 0.5) is 5.69 Å². The minimum Gasteiger partial charge on any atom is -0.311 e. The number of aryl methyl sites for hydroxylation is 1. The van der Waals surface area contributed by atoms with Crippen LogP contribution in [0.15, 0.2) is 18.2 Å². The van der Waals surface area contributed by atoms with Crippen LogP contribution in [0.1, 0.15) is 63.0 Å². The van der Waals surface area contributed by atoms with Crippen molar-refractivity contribution in [3.05, 3.63) is 29.3 Å². The summed E-state index contributed by atoms with van der Waals surface area (Å²) >= 11 is 0. The summed E-state index contributed by atoms with van der Waals surface area (Å²) in [7, 11) is 0. The Bertz CT molecular complexity index is 573. The molecular formula is C19H25NO. The Hall–Kier alpha value is -1.31. The van der Waals surface area contributed by atoms with Gasteiger partial charge in [-0.2, -0.15) is 0 Å². The fourth-order valence-electron chi connectivity index (χ4n) is 4.88. The molecule has 1 aromatic carbocycles. The molecule has 0 aromatic heterocycles. The average molecular weight is 283 g/mol. The van der Waals surface area contributed by atoms with Crippen LogP contribution in [-0.4, -0.2) is 12.5 Å². The van der Waals surface area contributed by atoms with E-state index in [-0.39, 0.29) is 5.41 Å². The Kier molecular flexibility index (Phi) is 3.09. The summed E-state index contributed by atoms with van der Waals surface area (Å²) in [6.07, 6.45) is 10.0. The molecule has 4 rings (SSSR count). The van der Waals surface area contributed by atoms with Crippen LogP contribution < -0.4 is 4.90 Å². The van der Waals surface area contributed by atoms with E-state index in [1.165, 1.54) is 48.9 Å². The van der Waals surface area contributed by atoms with Gasteiger partial charge in [-0.05, 0) is 43.2 Å². The Morgan fingerprint density at radius 2 is 2.00 bits per heavy atom. The molecule has 0 bridgehead atoms. The lowest BCUT2D eigenvalue weighted by molar-refractivity contribution is -0.123. The number of hydrogen-bond acceptors (Lipinski definition) is 1. The van der Waals surface area contributed by atoms with E-state index in [0.717, 1.165) is 31.7 Å². The zero-order valence-electron chi connectivity index (χ0n) is 13.0. The molecule has 0 spiro atoms. The van der Waals surface area contributed by atoms with E-state index in [1.807, 2.05) is 0 Å². The van der Waals surface area contributed by atoms with E-state index < -0.39 is 0 Å². The monoisotopic (exact) mass is 283 g/mol. The van der Waals surface area contributed by atoms with Gasteiger partial charge in [0.05, 0.1) is 11.1 Å². The maximum Gasteiger partial charge on any atom is 0.237 e. The maximum atomic E-state index is 13.1. The molecule has 1 fully saturated rings. The molecule has 1 atom stereocenters. The van der Waals surface area contributed by atoms with Crippen LogP contribution in [0.25, 0.3) is 0 Å². The van der Waals surface area contributed by atoms with Crippen molar-refractivity contribution in [2.75, 3.05) is 11.4 Å². The first-order valence-corrected chi connectivity index (χ1v) is 8.64. The summed E-state index contributed by atoms with van der Waals surface area (Å²) in [5, 5.41) is 0. The number of carbonyl (C=O) groups is 1. The number of rotatable bonds is 2. The van der Waals surface area contributed by atoms with Crippen LogP contribution in [0.5, 0.6) is 0 Å². The Labute approximate surface area is 127 Å². The number of benzene rings is 1. The molecule has 0 N–H and O–H groups in total. The second-order valence-electron chi connectivity index (χ2n) is 7.41. The first kappa shape index (κ1) is 13.4. The van der Waals surface area contributed by atoms with Crippen molar-refractivity contribution >= 4 is 11.6 Å². The summed E-state index contributed by atoms with van der Waals surface area (Å²) in [5.41, 5.74) is 3.71. The summed E-state index contributed by atoms with van der Waals surface area (Å²) in [4.78, 5) is 15.2. The summed E-state index contributed by atoms with van der Waals surface area (Å²) in [6, 6.07) is 6.59. The van der Waals surface area contributed by atoms with Gasteiger partial charge in [-0.3, -0.25) is 4.79 Å². The van der Waals surface area contributed by atoms with Crippen LogP contribution in [-0.2, 0) is 16.6 Å². The van der Waals surface area contributed by atoms with E-state index in [2.05, 4.69) is 30.0 Å². The van der Waals surface area contributed by atoms with Gasteiger partial charge in [0.1, 0.15) is 0 Å². The summed E-state index contributed by atoms with van der Waals surface area (Å²) in [5.74, 6) is 1.11. The highest BCUT2D eigenvalue weighted by molar-refractivity contribution is 6.08. The molecule has 2 heterocycles. The van der Waals surface area contributed by atoms with Gasteiger partial charge in [0.15, 0.2) is 0 Å². The minimum absolute atomic E-state index is 0.266. The molecule has 1 aliphatic carbocycles. The normalized spacial score (nSPS) is 28.8. The van der Waals surface area contributed by atoms with Gasteiger partial charge in [-0.15, -0.1) is 0 Å². The third-order valence-corrected chi connectivity index (χ3v) is 5.95. The van der Waals surface area contributed by atoms with E-state index in [4.69, 9.17) is 0 Å². The lowest BCUT2D eigenvalue weighted by Gasteiger charge is -2.31. The summed E-state index contributed by atoms with van der Waals surface area (Å²) in [6.45, 7) is 3.13. The van der Waals surface area contributed by atoms with Gasteiger partial charge in [0.2, 0.25) is 5.91 Å². The Morgan fingerprint density at radius 3 is 2.81 bits per heavy atom. The SMILES string of the molecule is CC1(CC2CCCCC2)C(=O)N2CCCc3cccc1c32. The van der Waals surface area contributed by atoms with E-state index >= 15 is 0 Å². The topological polar surface area (TPSA) is 20.3 Å². The molecule has 2 nitrogen and oxygen atoms in total. The fraction of sp³-hybridized carbons (Fsp3) is 0.632. The number of amides is 1. The number of anilines is 1. The van der Waals surface area contributed by atoms with Crippen LogP contribution in [0.2, 0.25) is 0 Å². The molecule has 1 aromatic rings. The van der Waals surface area contributed by atoms with Crippen molar-refractivity contribution in [1.29, 1.82) is 0 Å². The first-order valence-electron chi connectivity index (χ1n) is 8.64. The lowest BCUT2D eigenvalue weighted by Crippen LogP contribution is -2.41. The predicted molar refractivity (Wildman–Crippen MR) is 85.7 cm³/mol. The van der Waals surface area contributed by atoms with Crippen molar-refractivity contribution < 1.29 is 4.79 Å². The molecule has 2 heteroatoms. The van der Waals surface area contributed by atoms with Gasteiger partial charge in [-0.25, -0.2) is 0 Å². The van der Waals surface area contributed by atoms with Gasteiger partial charge < -0.3 is 4.90 Å². The zero-order chi connectivity index (χ0) is 14.4. The second kappa shape index (κ2) is 4.86. The van der Waals surface area contributed by atoms with Crippen LogP contribution in [0.3, 0.4) is 0 Å². The molecule has 1 unspecified atom stereocenters. The molecule has 1 saturated carbocycles. The third kappa shape index (κ3) is 1.95. The summed E-state index contributed by atoms with van der Waals surface area (Å²) < 4.78 is 0. The molecule has 0 radical (unpaired) electrons. The van der Waals surface area contributed by atoms with Gasteiger partial charge in [0.25, 0.3) is 0 Å². The molecule has 2 aliphatic heterocycles. The smallest absolute Gasteiger partial charge is 0.237 e. The van der Waals surface area contributed by atoms with E-state index in [0.29, 0.717) is 5.91 Å². The molecular weight excluding hydrogens is 258 g/mol. The largest absolute Gasteiger partial charge is 0.311 e. The van der Waals surface area contributed by atoms with Crippen LogP contribution in [0, 0.1) is 5.92 Å². The number of para-hydroxylation sites is 1. The highest BCUT2D eigenvalue weighted by Gasteiger charge is 2.49. The fourth-order valence-corrected chi connectivity index (χ4v) is 4.88.